The minimum atomic E-state index is -0.390. The number of aromatic nitrogens is 3. The summed E-state index contributed by atoms with van der Waals surface area (Å²) in [5.74, 6) is 0.327. The Bertz CT molecular complexity index is 1290. The van der Waals surface area contributed by atoms with Crippen LogP contribution < -0.4 is 10.1 Å². The van der Waals surface area contributed by atoms with Gasteiger partial charge >= 0.3 is 5.97 Å². The number of ether oxygens (including phenoxy) is 2. The molecule has 0 atom stereocenters. The maximum absolute atomic E-state index is 12.5. The highest BCUT2D eigenvalue weighted by Crippen LogP contribution is 2.31. The number of fused-ring (bicyclic) bond motifs is 1. The van der Waals surface area contributed by atoms with Gasteiger partial charge in [-0.25, -0.2) is 14.3 Å². The fraction of sp³-hybridized carbons (Fsp3) is 0.167. The fourth-order valence-corrected chi connectivity index (χ4v) is 4.01. The molecule has 168 valence electrons. The van der Waals surface area contributed by atoms with Crippen LogP contribution in [0.2, 0.25) is 0 Å². The van der Waals surface area contributed by atoms with E-state index in [-0.39, 0.29) is 11.7 Å². The molecule has 0 aliphatic rings. The number of carbonyl (C=O) groups is 2. The van der Waals surface area contributed by atoms with E-state index in [1.807, 2.05) is 30.3 Å². The molecule has 9 heteroatoms. The Kier molecular flexibility index (Phi) is 6.89. The first kappa shape index (κ1) is 22.3. The third-order valence-electron chi connectivity index (χ3n) is 4.76. The van der Waals surface area contributed by atoms with Crippen LogP contribution in [0.1, 0.15) is 17.3 Å². The van der Waals surface area contributed by atoms with Gasteiger partial charge in [0.05, 0.1) is 36.2 Å². The number of anilines is 1. The molecule has 2 heterocycles. The van der Waals surface area contributed by atoms with Crippen LogP contribution in [-0.4, -0.2) is 45.9 Å². The highest BCUT2D eigenvalue weighted by molar-refractivity contribution is 8.00. The van der Waals surface area contributed by atoms with Gasteiger partial charge in [-0.05, 0) is 49.4 Å². The molecule has 0 bridgehead atoms. The Hall–Kier alpha value is -3.85. The number of hydrogen-bond acceptors (Lipinski definition) is 7. The highest BCUT2D eigenvalue weighted by atomic mass is 32.2. The summed E-state index contributed by atoms with van der Waals surface area (Å²) in [6.07, 6.45) is 3.42. The SMILES string of the molecule is CCOC(=O)c1ccc(NC(=O)CSc2nccn3nc(-c4ccccc4OC)cc23)cc1. The van der Waals surface area contributed by atoms with Crippen molar-refractivity contribution in [3.63, 3.8) is 0 Å². The summed E-state index contributed by atoms with van der Waals surface area (Å²) in [6.45, 7) is 2.07. The van der Waals surface area contributed by atoms with Crippen molar-refractivity contribution in [3.8, 4) is 17.0 Å². The Morgan fingerprint density at radius 2 is 1.91 bits per heavy atom. The first-order valence-corrected chi connectivity index (χ1v) is 11.2. The molecule has 33 heavy (non-hydrogen) atoms. The van der Waals surface area contributed by atoms with E-state index < -0.39 is 5.97 Å². The molecule has 1 amide bonds. The zero-order valence-corrected chi connectivity index (χ0v) is 19.0. The smallest absolute Gasteiger partial charge is 0.338 e. The first-order chi connectivity index (χ1) is 16.1. The fourth-order valence-electron chi connectivity index (χ4n) is 3.23. The van der Waals surface area contributed by atoms with E-state index in [0.29, 0.717) is 22.9 Å². The van der Waals surface area contributed by atoms with Crippen LogP contribution in [0.3, 0.4) is 0 Å². The van der Waals surface area contributed by atoms with Crippen LogP contribution in [0.5, 0.6) is 5.75 Å². The predicted molar refractivity (Wildman–Crippen MR) is 127 cm³/mol. The number of amides is 1. The largest absolute Gasteiger partial charge is 0.496 e. The van der Waals surface area contributed by atoms with Crippen molar-refractivity contribution in [2.75, 3.05) is 24.8 Å². The monoisotopic (exact) mass is 462 g/mol. The van der Waals surface area contributed by atoms with E-state index in [2.05, 4.69) is 15.4 Å². The van der Waals surface area contributed by atoms with E-state index in [1.165, 1.54) is 11.8 Å². The number of nitrogens with zero attached hydrogens (tertiary/aromatic N) is 3. The molecule has 4 rings (SSSR count). The topological polar surface area (TPSA) is 94.8 Å². The lowest BCUT2D eigenvalue weighted by molar-refractivity contribution is -0.113. The van der Waals surface area contributed by atoms with Crippen molar-refractivity contribution in [2.45, 2.75) is 11.9 Å². The zero-order chi connectivity index (χ0) is 23.2. The molecule has 0 unspecified atom stereocenters. The molecule has 0 spiro atoms. The highest BCUT2D eigenvalue weighted by Gasteiger charge is 2.14. The van der Waals surface area contributed by atoms with Gasteiger partial charge in [-0.2, -0.15) is 5.10 Å². The Balaban J connectivity index is 1.44. The number of nitrogens with one attached hydrogen (secondary N) is 1. The number of thioether (sulfide) groups is 1. The average molecular weight is 463 g/mol. The number of esters is 1. The summed E-state index contributed by atoms with van der Waals surface area (Å²) in [4.78, 5) is 28.6. The number of hydrogen-bond donors (Lipinski definition) is 1. The summed E-state index contributed by atoms with van der Waals surface area (Å²) >= 11 is 1.32. The average Bonchev–Trinajstić information content (AvgIpc) is 3.28. The zero-order valence-electron chi connectivity index (χ0n) is 18.1. The van der Waals surface area contributed by atoms with Crippen molar-refractivity contribution in [1.82, 2.24) is 14.6 Å². The third kappa shape index (κ3) is 5.15. The number of rotatable bonds is 8. The van der Waals surface area contributed by atoms with Gasteiger partial charge < -0.3 is 14.8 Å². The van der Waals surface area contributed by atoms with Gasteiger partial charge in [-0.15, -0.1) is 0 Å². The summed E-state index contributed by atoms with van der Waals surface area (Å²) in [6, 6.07) is 16.2. The van der Waals surface area contributed by atoms with E-state index in [9.17, 15) is 9.59 Å². The summed E-state index contributed by atoms with van der Waals surface area (Å²) in [5, 5.41) is 8.15. The number of para-hydroxylation sites is 1. The lowest BCUT2D eigenvalue weighted by atomic mass is 10.1. The van der Waals surface area contributed by atoms with Crippen LogP contribution in [0.25, 0.3) is 16.8 Å². The van der Waals surface area contributed by atoms with Crippen molar-refractivity contribution in [1.29, 1.82) is 0 Å². The van der Waals surface area contributed by atoms with Crippen LogP contribution in [-0.2, 0) is 9.53 Å². The van der Waals surface area contributed by atoms with Crippen molar-refractivity contribution >= 4 is 34.8 Å². The molecule has 0 radical (unpaired) electrons. The second kappa shape index (κ2) is 10.2. The van der Waals surface area contributed by atoms with Gasteiger partial charge in [0.2, 0.25) is 5.91 Å². The van der Waals surface area contributed by atoms with Crippen LogP contribution in [0.4, 0.5) is 5.69 Å². The first-order valence-electron chi connectivity index (χ1n) is 10.3. The number of benzene rings is 2. The van der Waals surface area contributed by atoms with Gasteiger partial charge in [0, 0.05) is 23.6 Å². The quantitative estimate of drug-likeness (QED) is 0.308. The standard InChI is InChI=1S/C24H22N4O4S/c1-3-32-24(30)16-8-10-17(11-9-16)26-22(29)15-33-23-20-14-19(27-28(20)13-12-25-23)18-6-4-5-7-21(18)31-2/h4-14H,3,15H2,1-2H3,(H,26,29). The lowest BCUT2D eigenvalue weighted by Gasteiger charge is -2.07. The number of methoxy groups -OCH3 is 1. The molecule has 2 aromatic heterocycles. The molecule has 0 saturated heterocycles. The Morgan fingerprint density at radius 3 is 2.67 bits per heavy atom. The second-order valence-electron chi connectivity index (χ2n) is 6.93. The van der Waals surface area contributed by atoms with Crippen LogP contribution >= 0.6 is 11.8 Å². The molecule has 0 fully saturated rings. The van der Waals surface area contributed by atoms with E-state index >= 15 is 0 Å². The van der Waals surface area contributed by atoms with Gasteiger partial charge in [0.25, 0.3) is 0 Å². The van der Waals surface area contributed by atoms with Crippen molar-refractivity contribution in [3.05, 3.63) is 72.6 Å². The van der Waals surface area contributed by atoms with E-state index in [4.69, 9.17) is 9.47 Å². The van der Waals surface area contributed by atoms with Crippen molar-refractivity contribution in [2.24, 2.45) is 0 Å². The van der Waals surface area contributed by atoms with Gasteiger partial charge in [-0.1, -0.05) is 23.9 Å². The second-order valence-corrected chi connectivity index (χ2v) is 7.89. The molecule has 2 aromatic carbocycles. The summed E-state index contributed by atoms with van der Waals surface area (Å²) in [5.41, 5.74) is 3.47. The minimum absolute atomic E-state index is 0.168. The normalized spacial score (nSPS) is 10.7. The minimum Gasteiger partial charge on any atom is -0.496 e. The van der Waals surface area contributed by atoms with Crippen LogP contribution in [0.15, 0.2) is 72.0 Å². The molecule has 0 aliphatic heterocycles. The molecule has 0 saturated carbocycles. The predicted octanol–water partition coefficient (Wildman–Crippen LogP) is 4.31. The molecular formula is C24H22N4O4S. The molecule has 4 aromatic rings. The molecular weight excluding hydrogens is 440 g/mol. The summed E-state index contributed by atoms with van der Waals surface area (Å²) < 4.78 is 12.1. The Morgan fingerprint density at radius 1 is 1.12 bits per heavy atom. The van der Waals surface area contributed by atoms with Crippen molar-refractivity contribution < 1.29 is 19.1 Å². The number of carbonyl (C=O) groups excluding carboxylic acids is 2. The molecule has 0 aliphatic carbocycles. The van der Waals surface area contributed by atoms with Gasteiger partial charge in [0.1, 0.15) is 10.8 Å². The van der Waals surface area contributed by atoms with Gasteiger partial charge in [-0.3, -0.25) is 4.79 Å². The van der Waals surface area contributed by atoms with Gasteiger partial charge in [0.15, 0.2) is 0 Å². The maximum Gasteiger partial charge on any atom is 0.338 e. The summed E-state index contributed by atoms with van der Waals surface area (Å²) in [7, 11) is 1.63. The molecule has 8 nitrogen and oxygen atoms in total. The van der Waals surface area contributed by atoms with E-state index in [1.54, 1.807) is 55.2 Å². The Labute approximate surface area is 194 Å². The third-order valence-corrected chi connectivity index (χ3v) is 5.75. The lowest BCUT2D eigenvalue weighted by Crippen LogP contribution is -2.14. The molecule has 1 N–H and O–H groups in total. The maximum atomic E-state index is 12.5. The van der Waals surface area contributed by atoms with E-state index in [0.717, 1.165) is 22.5 Å². The van der Waals surface area contributed by atoms with Crippen LogP contribution in [0, 0.1) is 0 Å².